The number of amides is 1. The minimum Gasteiger partial charge on any atom is -0.456 e. The molecule has 0 saturated heterocycles. The fourth-order valence-electron chi connectivity index (χ4n) is 2.21. The lowest BCUT2D eigenvalue weighted by molar-refractivity contribution is -0.148. The summed E-state index contributed by atoms with van der Waals surface area (Å²) < 4.78 is 4.89. The average molecular weight is 359 g/mol. The van der Waals surface area contributed by atoms with Crippen molar-refractivity contribution in [1.82, 2.24) is 5.32 Å². The van der Waals surface area contributed by atoms with Crippen LogP contribution in [0.1, 0.15) is 34.5 Å². The normalized spacial score (nSPS) is 10.2. The maximum absolute atomic E-state index is 11.8. The van der Waals surface area contributed by atoms with Crippen molar-refractivity contribution in [3.05, 3.63) is 58.3 Å². The minimum absolute atomic E-state index is 0.0159. The van der Waals surface area contributed by atoms with E-state index in [4.69, 9.17) is 4.74 Å². The zero-order chi connectivity index (χ0) is 17.9. The first-order chi connectivity index (χ1) is 12.1. The molecule has 1 N–H and O–H groups in total. The number of ether oxygens (including phenoxy) is 1. The van der Waals surface area contributed by atoms with Crippen LogP contribution in [0.4, 0.5) is 0 Å². The van der Waals surface area contributed by atoms with Crippen LogP contribution in [0.25, 0.3) is 0 Å². The molecule has 0 radical (unpaired) electrons. The molecule has 0 aliphatic carbocycles. The van der Waals surface area contributed by atoms with Crippen molar-refractivity contribution in [2.24, 2.45) is 0 Å². The first-order valence-electron chi connectivity index (χ1n) is 8.18. The van der Waals surface area contributed by atoms with Gasteiger partial charge >= 0.3 is 5.97 Å². The molecule has 0 atom stereocenters. The summed E-state index contributed by atoms with van der Waals surface area (Å²) in [6, 6.07) is 13.5. The van der Waals surface area contributed by atoms with Crippen molar-refractivity contribution in [3.8, 4) is 0 Å². The second-order valence-corrected chi connectivity index (χ2v) is 6.45. The molecule has 1 amide bonds. The van der Waals surface area contributed by atoms with E-state index in [-0.39, 0.29) is 31.1 Å². The SMILES string of the molecule is O=C(COC(=O)CCC(=O)c1cccs1)NCCCc1ccccc1. The molecule has 0 unspecified atom stereocenters. The van der Waals surface area contributed by atoms with Crippen molar-refractivity contribution < 1.29 is 19.1 Å². The molecule has 1 heterocycles. The van der Waals surface area contributed by atoms with Gasteiger partial charge in [0, 0.05) is 13.0 Å². The Kier molecular flexibility index (Phi) is 7.85. The molecule has 1 aromatic heterocycles. The Bertz CT molecular complexity index is 683. The first-order valence-corrected chi connectivity index (χ1v) is 9.06. The molecular formula is C19H21NO4S. The topological polar surface area (TPSA) is 72.5 Å². The minimum atomic E-state index is -0.538. The van der Waals surface area contributed by atoms with Crippen LogP contribution >= 0.6 is 11.3 Å². The molecule has 1 aromatic carbocycles. The molecule has 0 aliphatic heterocycles. The van der Waals surface area contributed by atoms with Crippen LogP contribution in [-0.4, -0.2) is 30.8 Å². The van der Waals surface area contributed by atoms with Gasteiger partial charge in [0.15, 0.2) is 12.4 Å². The van der Waals surface area contributed by atoms with Crippen LogP contribution < -0.4 is 5.32 Å². The van der Waals surface area contributed by atoms with E-state index in [1.165, 1.54) is 16.9 Å². The fraction of sp³-hybridized carbons (Fsp3) is 0.316. The van der Waals surface area contributed by atoms with E-state index in [9.17, 15) is 14.4 Å². The molecule has 2 rings (SSSR count). The molecule has 0 bridgehead atoms. The average Bonchev–Trinajstić information content (AvgIpc) is 3.17. The van der Waals surface area contributed by atoms with Gasteiger partial charge in [0.1, 0.15) is 0 Å². The van der Waals surface area contributed by atoms with Crippen LogP contribution in [0, 0.1) is 0 Å². The third-order valence-electron chi connectivity index (χ3n) is 3.52. The van der Waals surface area contributed by atoms with Crippen molar-refractivity contribution in [2.45, 2.75) is 25.7 Å². The zero-order valence-electron chi connectivity index (χ0n) is 13.9. The number of nitrogens with one attached hydrogen (secondary N) is 1. The summed E-state index contributed by atoms with van der Waals surface area (Å²) in [4.78, 5) is 35.6. The Morgan fingerprint density at radius 3 is 2.52 bits per heavy atom. The third-order valence-corrected chi connectivity index (χ3v) is 4.43. The second-order valence-electron chi connectivity index (χ2n) is 5.50. The van der Waals surface area contributed by atoms with Gasteiger partial charge in [-0.3, -0.25) is 14.4 Å². The molecular weight excluding hydrogens is 338 g/mol. The Balaban J connectivity index is 1.53. The predicted octanol–water partition coefficient (Wildman–Crippen LogP) is 3.00. The molecule has 132 valence electrons. The van der Waals surface area contributed by atoms with E-state index in [0.29, 0.717) is 11.4 Å². The lowest BCUT2D eigenvalue weighted by atomic mass is 10.1. The van der Waals surface area contributed by atoms with Gasteiger partial charge in [-0.1, -0.05) is 36.4 Å². The van der Waals surface area contributed by atoms with Gasteiger partial charge < -0.3 is 10.1 Å². The quantitative estimate of drug-likeness (QED) is 0.402. The highest BCUT2D eigenvalue weighted by atomic mass is 32.1. The summed E-state index contributed by atoms with van der Waals surface area (Å²) in [7, 11) is 0. The van der Waals surface area contributed by atoms with Crippen LogP contribution in [0.5, 0.6) is 0 Å². The standard InChI is InChI=1S/C19H21NO4S/c21-16(17-9-5-13-25-17)10-11-19(23)24-14-18(22)20-12-4-8-15-6-2-1-3-7-15/h1-3,5-7,9,13H,4,8,10-12,14H2,(H,20,22). The van der Waals surface area contributed by atoms with Crippen molar-refractivity contribution in [3.63, 3.8) is 0 Å². The third kappa shape index (κ3) is 7.30. The van der Waals surface area contributed by atoms with E-state index >= 15 is 0 Å². The maximum atomic E-state index is 11.8. The van der Waals surface area contributed by atoms with Gasteiger partial charge in [-0.05, 0) is 29.9 Å². The summed E-state index contributed by atoms with van der Waals surface area (Å²) in [5, 5.41) is 4.53. The fourth-order valence-corrected chi connectivity index (χ4v) is 2.90. The second kappa shape index (κ2) is 10.4. The smallest absolute Gasteiger partial charge is 0.306 e. The number of carbonyl (C=O) groups excluding carboxylic acids is 3. The number of hydrogen-bond acceptors (Lipinski definition) is 5. The summed E-state index contributed by atoms with van der Waals surface area (Å²) >= 11 is 1.34. The number of aryl methyl sites for hydroxylation is 1. The van der Waals surface area contributed by atoms with Crippen LogP contribution in [0.3, 0.4) is 0 Å². The molecule has 2 aromatic rings. The lowest BCUT2D eigenvalue weighted by Gasteiger charge is -2.06. The lowest BCUT2D eigenvalue weighted by Crippen LogP contribution is -2.29. The first kappa shape index (κ1) is 18.9. The number of Topliss-reactive ketones (excluding diaryl/α,β-unsaturated/α-hetero) is 1. The summed E-state index contributed by atoms with van der Waals surface area (Å²) in [5.41, 5.74) is 1.22. The van der Waals surface area contributed by atoms with E-state index < -0.39 is 5.97 Å². The van der Waals surface area contributed by atoms with Crippen molar-refractivity contribution in [1.29, 1.82) is 0 Å². The summed E-state index contributed by atoms with van der Waals surface area (Å²) in [6.45, 7) is 0.222. The Hall–Kier alpha value is -2.47. The van der Waals surface area contributed by atoms with Crippen LogP contribution in [0.2, 0.25) is 0 Å². The molecule has 0 fully saturated rings. The highest BCUT2D eigenvalue weighted by Crippen LogP contribution is 2.12. The molecule has 25 heavy (non-hydrogen) atoms. The van der Waals surface area contributed by atoms with Crippen LogP contribution in [0.15, 0.2) is 47.8 Å². The Labute approximate surface area is 151 Å². The van der Waals surface area contributed by atoms with Gasteiger partial charge in [0.2, 0.25) is 0 Å². The van der Waals surface area contributed by atoms with Gasteiger partial charge in [0.05, 0.1) is 11.3 Å². The van der Waals surface area contributed by atoms with Gasteiger partial charge in [-0.15, -0.1) is 11.3 Å². The number of rotatable bonds is 10. The monoisotopic (exact) mass is 359 g/mol. The maximum Gasteiger partial charge on any atom is 0.306 e. The van der Waals surface area contributed by atoms with Gasteiger partial charge in [-0.2, -0.15) is 0 Å². The Morgan fingerprint density at radius 2 is 1.80 bits per heavy atom. The Morgan fingerprint density at radius 1 is 1.00 bits per heavy atom. The molecule has 0 aliphatic rings. The highest BCUT2D eigenvalue weighted by molar-refractivity contribution is 7.12. The van der Waals surface area contributed by atoms with Crippen molar-refractivity contribution in [2.75, 3.05) is 13.2 Å². The molecule has 6 heteroatoms. The van der Waals surface area contributed by atoms with E-state index in [0.717, 1.165) is 12.8 Å². The van der Waals surface area contributed by atoms with Gasteiger partial charge in [-0.25, -0.2) is 0 Å². The number of benzene rings is 1. The highest BCUT2D eigenvalue weighted by Gasteiger charge is 2.12. The van der Waals surface area contributed by atoms with Crippen molar-refractivity contribution >= 4 is 29.0 Å². The molecule has 0 spiro atoms. The molecule has 0 saturated carbocycles. The summed E-state index contributed by atoms with van der Waals surface area (Å²) in [6.07, 6.45) is 1.78. The van der Waals surface area contributed by atoms with E-state index in [1.807, 2.05) is 35.7 Å². The number of ketones is 1. The van der Waals surface area contributed by atoms with E-state index in [1.54, 1.807) is 12.1 Å². The number of esters is 1. The van der Waals surface area contributed by atoms with Gasteiger partial charge in [0.25, 0.3) is 5.91 Å². The number of hydrogen-bond donors (Lipinski definition) is 1. The van der Waals surface area contributed by atoms with Crippen LogP contribution in [-0.2, 0) is 20.7 Å². The largest absolute Gasteiger partial charge is 0.456 e. The number of thiophene rings is 1. The molecule has 5 nitrogen and oxygen atoms in total. The summed E-state index contributed by atoms with van der Waals surface area (Å²) in [5.74, 6) is -0.951. The van der Waals surface area contributed by atoms with E-state index in [2.05, 4.69) is 5.32 Å². The number of carbonyl (C=O) groups is 3. The zero-order valence-corrected chi connectivity index (χ0v) is 14.7. The predicted molar refractivity (Wildman–Crippen MR) is 96.6 cm³/mol.